The number of hydrogen-bond acceptors (Lipinski definition) is 5. The molecule has 0 aliphatic carbocycles. The van der Waals surface area contributed by atoms with Gasteiger partial charge in [-0.3, -0.25) is 4.98 Å². The van der Waals surface area contributed by atoms with Crippen molar-refractivity contribution in [2.24, 2.45) is 0 Å². The molecule has 34 heavy (non-hydrogen) atoms. The Hall–Kier alpha value is -2.59. The number of esters is 1. The van der Waals surface area contributed by atoms with Crippen LogP contribution in [0.25, 0.3) is 33.3 Å². The van der Waals surface area contributed by atoms with Gasteiger partial charge in [-0.15, -0.1) is 11.8 Å². The fourth-order valence-electron chi connectivity index (χ4n) is 3.50. The third-order valence-electron chi connectivity index (χ3n) is 4.85. The molecule has 4 rings (SSSR count). The molecule has 5 nitrogen and oxygen atoms in total. The minimum absolute atomic E-state index is 0.0541. The number of hydrogen-bond donors (Lipinski definition) is 1. The quantitative estimate of drug-likeness (QED) is 0.208. The SMILES string of the molecule is CCSc1cc2ccc(Br)cc2nc1-c1[nH]c2cc(C(F)(F)F)cnc2c1C(=O)OC(C)(C)C. The molecule has 3 aromatic heterocycles. The van der Waals surface area contributed by atoms with Gasteiger partial charge in [-0.1, -0.05) is 28.9 Å². The van der Waals surface area contributed by atoms with Crippen LogP contribution in [0.4, 0.5) is 13.2 Å². The van der Waals surface area contributed by atoms with Crippen LogP contribution in [-0.4, -0.2) is 32.3 Å². The number of aromatic nitrogens is 3. The zero-order chi connectivity index (χ0) is 24.8. The predicted octanol–water partition coefficient (Wildman–Crippen LogP) is 7.63. The molecule has 0 unspecified atom stereocenters. The lowest BCUT2D eigenvalue weighted by Gasteiger charge is -2.20. The lowest BCUT2D eigenvalue weighted by molar-refractivity contribution is -0.137. The fraction of sp³-hybridized carbons (Fsp3) is 0.292. The molecule has 1 aromatic carbocycles. The molecule has 0 amide bonds. The zero-order valence-corrected chi connectivity index (χ0v) is 21.2. The number of fused-ring (bicyclic) bond motifs is 2. The van der Waals surface area contributed by atoms with Gasteiger partial charge in [-0.2, -0.15) is 13.2 Å². The average molecular weight is 552 g/mol. The smallest absolute Gasteiger partial charge is 0.417 e. The summed E-state index contributed by atoms with van der Waals surface area (Å²) in [5.41, 5.74) is -0.107. The molecule has 1 N–H and O–H groups in total. The van der Waals surface area contributed by atoms with Crippen LogP contribution >= 0.6 is 27.7 Å². The Morgan fingerprint density at radius 3 is 2.56 bits per heavy atom. The highest BCUT2D eigenvalue weighted by Gasteiger charge is 2.33. The minimum atomic E-state index is -4.57. The van der Waals surface area contributed by atoms with Gasteiger partial charge < -0.3 is 9.72 Å². The maximum absolute atomic E-state index is 13.3. The number of ether oxygens (including phenoxy) is 1. The Balaban J connectivity index is 2.03. The van der Waals surface area contributed by atoms with Crippen LogP contribution in [0.5, 0.6) is 0 Å². The number of nitrogens with zero attached hydrogens (tertiary/aromatic N) is 2. The number of H-pyrrole nitrogens is 1. The summed E-state index contributed by atoms with van der Waals surface area (Å²) in [4.78, 5) is 25.8. The molecule has 0 radical (unpaired) electrons. The molecule has 4 aromatic rings. The van der Waals surface area contributed by atoms with Crippen LogP contribution in [0, 0.1) is 0 Å². The first-order valence-electron chi connectivity index (χ1n) is 10.4. The van der Waals surface area contributed by atoms with E-state index in [1.807, 2.05) is 31.2 Å². The Kier molecular flexibility index (Phi) is 6.41. The van der Waals surface area contributed by atoms with Gasteiger partial charge in [0.1, 0.15) is 22.4 Å². The molecule has 0 bridgehead atoms. The molecule has 0 atom stereocenters. The number of carbonyl (C=O) groups is 1. The molecule has 0 aliphatic heterocycles. The summed E-state index contributed by atoms with van der Waals surface area (Å²) in [6.45, 7) is 7.15. The molecule has 0 aliphatic rings. The van der Waals surface area contributed by atoms with Crippen LogP contribution in [-0.2, 0) is 10.9 Å². The number of nitrogens with one attached hydrogen (secondary N) is 1. The third kappa shape index (κ3) is 4.93. The van der Waals surface area contributed by atoms with Gasteiger partial charge in [0.05, 0.1) is 22.3 Å². The van der Waals surface area contributed by atoms with E-state index in [1.54, 1.807) is 20.8 Å². The van der Waals surface area contributed by atoms with Crippen molar-refractivity contribution >= 4 is 55.6 Å². The maximum atomic E-state index is 13.3. The first-order valence-corrected chi connectivity index (χ1v) is 12.2. The number of halogens is 4. The lowest BCUT2D eigenvalue weighted by Crippen LogP contribution is -2.24. The van der Waals surface area contributed by atoms with E-state index in [-0.39, 0.29) is 22.3 Å². The minimum Gasteiger partial charge on any atom is -0.456 e. The van der Waals surface area contributed by atoms with Crippen molar-refractivity contribution in [3.63, 3.8) is 0 Å². The molecule has 3 heterocycles. The van der Waals surface area contributed by atoms with Crippen LogP contribution in [0.1, 0.15) is 43.6 Å². The number of benzene rings is 1. The summed E-state index contributed by atoms with van der Waals surface area (Å²) in [6, 6.07) is 8.57. The monoisotopic (exact) mass is 551 g/mol. The van der Waals surface area contributed by atoms with Gasteiger partial charge >= 0.3 is 12.1 Å². The van der Waals surface area contributed by atoms with E-state index in [2.05, 4.69) is 25.9 Å². The van der Waals surface area contributed by atoms with E-state index in [0.717, 1.165) is 32.8 Å². The molecular weight excluding hydrogens is 531 g/mol. The van der Waals surface area contributed by atoms with Gasteiger partial charge in [0.15, 0.2) is 0 Å². The topological polar surface area (TPSA) is 67.9 Å². The first kappa shape index (κ1) is 24.5. The van der Waals surface area contributed by atoms with Gasteiger partial charge in [0, 0.05) is 21.0 Å². The second-order valence-electron chi connectivity index (χ2n) is 8.60. The van der Waals surface area contributed by atoms with E-state index in [9.17, 15) is 18.0 Å². The Bertz CT molecular complexity index is 1410. The molecule has 0 fully saturated rings. The first-order chi connectivity index (χ1) is 15.9. The second-order valence-corrected chi connectivity index (χ2v) is 10.8. The van der Waals surface area contributed by atoms with Crippen LogP contribution in [0.3, 0.4) is 0 Å². The van der Waals surface area contributed by atoms with Crippen LogP contribution in [0.15, 0.2) is 45.9 Å². The van der Waals surface area contributed by atoms with Crippen molar-refractivity contribution in [3.8, 4) is 11.4 Å². The summed E-state index contributed by atoms with van der Waals surface area (Å²) in [5.74, 6) is 0.0411. The van der Waals surface area contributed by atoms with Gasteiger partial charge in [-0.05, 0) is 50.8 Å². The van der Waals surface area contributed by atoms with E-state index >= 15 is 0 Å². The Morgan fingerprint density at radius 2 is 1.91 bits per heavy atom. The highest BCUT2D eigenvalue weighted by molar-refractivity contribution is 9.10. The van der Waals surface area contributed by atoms with Gasteiger partial charge in [0.25, 0.3) is 0 Å². The largest absolute Gasteiger partial charge is 0.456 e. The molecule has 0 saturated carbocycles. The normalized spacial score (nSPS) is 12.5. The summed E-state index contributed by atoms with van der Waals surface area (Å²) in [6.07, 6.45) is -3.85. The molecule has 0 saturated heterocycles. The van der Waals surface area contributed by atoms with Crippen molar-refractivity contribution in [2.75, 3.05) is 5.75 Å². The summed E-state index contributed by atoms with van der Waals surface area (Å²) in [7, 11) is 0. The molecular formula is C24H21BrF3N3O2S. The van der Waals surface area contributed by atoms with Crippen molar-refractivity contribution < 1.29 is 22.7 Å². The Labute approximate surface area is 206 Å². The number of aromatic amines is 1. The summed E-state index contributed by atoms with van der Waals surface area (Å²) in [5, 5.41) is 0.898. The highest BCUT2D eigenvalue weighted by Crippen LogP contribution is 2.39. The van der Waals surface area contributed by atoms with E-state index in [0.29, 0.717) is 11.2 Å². The molecule has 178 valence electrons. The van der Waals surface area contributed by atoms with E-state index in [1.165, 1.54) is 11.8 Å². The van der Waals surface area contributed by atoms with Crippen molar-refractivity contribution in [1.82, 2.24) is 15.0 Å². The molecule has 0 spiro atoms. The van der Waals surface area contributed by atoms with Crippen LogP contribution in [0.2, 0.25) is 0 Å². The third-order valence-corrected chi connectivity index (χ3v) is 6.25. The lowest BCUT2D eigenvalue weighted by atomic mass is 10.1. The predicted molar refractivity (Wildman–Crippen MR) is 131 cm³/mol. The number of rotatable bonds is 4. The van der Waals surface area contributed by atoms with Gasteiger partial charge in [-0.25, -0.2) is 9.78 Å². The van der Waals surface area contributed by atoms with Crippen molar-refractivity contribution in [1.29, 1.82) is 0 Å². The Morgan fingerprint density at radius 1 is 1.18 bits per heavy atom. The fourth-order valence-corrected chi connectivity index (χ4v) is 4.66. The summed E-state index contributed by atoms with van der Waals surface area (Å²) >= 11 is 4.96. The number of thioether (sulfide) groups is 1. The van der Waals surface area contributed by atoms with Crippen molar-refractivity contribution in [3.05, 3.63) is 52.1 Å². The number of alkyl halides is 3. The maximum Gasteiger partial charge on any atom is 0.417 e. The number of pyridine rings is 2. The van der Waals surface area contributed by atoms with Crippen molar-refractivity contribution in [2.45, 2.75) is 44.4 Å². The standard InChI is InChI=1S/C24H21BrF3N3O2S/c1-5-34-17-8-12-6-7-14(25)10-15(12)30-20(17)21-18(22(32)33-23(2,3)4)19-16(31-21)9-13(11-29-19)24(26,27)28/h6-11,31H,5H2,1-4H3. The highest BCUT2D eigenvalue weighted by atomic mass is 79.9. The zero-order valence-electron chi connectivity index (χ0n) is 18.8. The average Bonchev–Trinajstić information content (AvgIpc) is 3.10. The second kappa shape index (κ2) is 8.88. The van der Waals surface area contributed by atoms with Gasteiger partial charge in [0.2, 0.25) is 0 Å². The van der Waals surface area contributed by atoms with E-state index < -0.39 is 23.3 Å². The summed E-state index contributed by atoms with van der Waals surface area (Å²) < 4.78 is 46.4. The van der Waals surface area contributed by atoms with Crippen LogP contribution < -0.4 is 0 Å². The number of carbonyl (C=O) groups excluding carboxylic acids is 1. The van der Waals surface area contributed by atoms with E-state index in [4.69, 9.17) is 9.72 Å². The molecule has 10 heteroatoms.